The van der Waals surface area contributed by atoms with Crippen LogP contribution in [0.2, 0.25) is 0 Å². The molecule has 0 aliphatic rings. The Balaban J connectivity index is 1.52. The van der Waals surface area contributed by atoms with Crippen LogP contribution >= 0.6 is 0 Å². The highest BCUT2D eigenvalue weighted by Crippen LogP contribution is 2.26. The number of rotatable bonds is 6. The number of anilines is 3. The van der Waals surface area contributed by atoms with Crippen LogP contribution in [0.25, 0.3) is 10.9 Å². The Hall–Kier alpha value is -4.40. The second-order valence-electron chi connectivity index (χ2n) is 6.73. The zero-order valence-electron chi connectivity index (χ0n) is 16.1. The second kappa shape index (κ2) is 8.54. The van der Waals surface area contributed by atoms with Gasteiger partial charge in [0.2, 0.25) is 5.91 Å². The lowest BCUT2D eigenvalue weighted by molar-refractivity contribution is -0.384. The number of nitro benzene ring substituents is 1. The Labute approximate surface area is 175 Å². The molecule has 0 spiro atoms. The maximum Gasteiger partial charge on any atom is 0.269 e. The molecule has 1 amide bonds. The normalized spacial score (nSPS) is 10.6. The van der Waals surface area contributed by atoms with Crippen molar-refractivity contribution in [2.24, 2.45) is 0 Å². The zero-order valence-corrected chi connectivity index (χ0v) is 16.1. The van der Waals surface area contributed by atoms with E-state index >= 15 is 0 Å². The molecule has 154 valence electrons. The number of benzene rings is 3. The first-order valence-electron chi connectivity index (χ1n) is 9.28. The molecular weight excluding hydrogens is 401 g/mol. The van der Waals surface area contributed by atoms with Crippen molar-refractivity contribution in [3.63, 3.8) is 0 Å². The molecule has 1 heterocycles. The molecule has 9 heteroatoms. The number of aromatic nitrogens is 2. The van der Waals surface area contributed by atoms with Gasteiger partial charge < -0.3 is 10.6 Å². The van der Waals surface area contributed by atoms with Gasteiger partial charge in [-0.1, -0.05) is 12.1 Å². The van der Waals surface area contributed by atoms with Crippen LogP contribution in [0.4, 0.5) is 27.3 Å². The first-order chi connectivity index (χ1) is 15.0. The Morgan fingerprint density at radius 2 is 1.68 bits per heavy atom. The first kappa shape index (κ1) is 19.9. The number of amides is 1. The monoisotopic (exact) mass is 417 g/mol. The van der Waals surface area contributed by atoms with Crippen LogP contribution in [0.15, 0.2) is 73.1 Å². The maximum atomic E-state index is 13.1. The van der Waals surface area contributed by atoms with Gasteiger partial charge in [0.1, 0.15) is 18.0 Å². The number of non-ortho nitro benzene ring substituents is 1. The molecule has 0 bridgehead atoms. The molecular formula is C22H16FN5O3. The van der Waals surface area contributed by atoms with Crippen molar-refractivity contribution in [2.45, 2.75) is 6.42 Å². The fourth-order valence-corrected chi connectivity index (χ4v) is 3.03. The third-order valence-electron chi connectivity index (χ3n) is 4.54. The number of nitrogens with one attached hydrogen (secondary N) is 2. The molecule has 8 nitrogen and oxygen atoms in total. The lowest BCUT2D eigenvalue weighted by atomic mass is 10.1. The molecule has 31 heavy (non-hydrogen) atoms. The Morgan fingerprint density at radius 1 is 0.968 bits per heavy atom. The molecule has 2 N–H and O–H groups in total. The van der Waals surface area contributed by atoms with Gasteiger partial charge in [0.05, 0.1) is 16.9 Å². The van der Waals surface area contributed by atoms with Gasteiger partial charge in [-0.15, -0.1) is 0 Å². The maximum absolute atomic E-state index is 13.1. The van der Waals surface area contributed by atoms with Crippen LogP contribution < -0.4 is 10.6 Å². The van der Waals surface area contributed by atoms with E-state index in [0.29, 0.717) is 33.7 Å². The fraction of sp³-hybridized carbons (Fsp3) is 0.0455. The van der Waals surface area contributed by atoms with Crippen LogP contribution in [0, 0.1) is 15.9 Å². The summed E-state index contributed by atoms with van der Waals surface area (Å²) in [7, 11) is 0. The van der Waals surface area contributed by atoms with Gasteiger partial charge in [0, 0.05) is 28.9 Å². The third kappa shape index (κ3) is 4.78. The zero-order chi connectivity index (χ0) is 21.8. The SMILES string of the molecule is O=C(Cc1ccc([N+](=O)[O-])cc1)Nc1ccc2ncnc(Nc3ccc(F)cc3)c2c1. The summed E-state index contributed by atoms with van der Waals surface area (Å²) < 4.78 is 13.1. The number of fused-ring (bicyclic) bond motifs is 1. The smallest absolute Gasteiger partial charge is 0.269 e. The quantitative estimate of drug-likeness (QED) is 0.350. The highest BCUT2D eigenvalue weighted by Gasteiger charge is 2.10. The van der Waals surface area contributed by atoms with E-state index in [1.165, 1.54) is 30.6 Å². The van der Waals surface area contributed by atoms with Gasteiger partial charge in [0.15, 0.2) is 0 Å². The Bertz CT molecular complexity index is 1260. The van der Waals surface area contributed by atoms with Gasteiger partial charge >= 0.3 is 0 Å². The summed E-state index contributed by atoms with van der Waals surface area (Å²) in [6.45, 7) is 0. The summed E-state index contributed by atoms with van der Waals surface area (Å²) in [5.41, 5.74) is 2.52. The minimum absolute atomic E-state index is 0.0279. The average Bonchev–Trinajstić information content (AvgIpc) is 2.76. The molecule has 0 aliphatic heterocycles. The van der Waals surface area contributed by atoms with Crippen molar-refractivity contribution in [3.8, 4) is 0 Å². The summed E-state index contributed by atoms with van der Waals surface area (Å²) in [6, 6.07) is 16.9. The van der Waals surface area contributed by atoms with Gasteiger partial charge in [-0.3, -0.25) is 14.9 Å². The van der Waals surface area contributed by atoms with Crippen LogP contribution in [-0.4, -0.2) is 20.8 Å². The van der Waals surface area contributed by atoms with E-state index in [4.69, 9.17) is 0 Å². The summed E-state index contributed by atoms with van der Waals surface area (Å²) in [5, 5.41) is 17.4. The topological polar surface area (TPSA) is 110 Å². The summed E-state index contributed by atoms with van der Waals surface area (Å²) in [6.07, 6.45) is 1.49. The number of hydrogen-bond donors (Lipinski definition) is 2. The molecule has 0 atom stereocenters. The van der Waals surface area contributed by atoms with Gasteiger partial charge in [0.25, 0.3) is 5.69 Å². The molecule has 0 fully saturated rings. The van der Waals surface area contributed by atoms with Crippen molar-refractivity contribution in [2.75, 3.05) is 10.6 Å². The predicted octanol–water partition coefficient (Wildman–Crippen LogP) is 4.60. The van der Waals surface area contributed by atoms with Crippen LogP contribution in [0.3, 0.4) is 0 Å². The molecule has 0 unspecified atom stereocenters. The number of nitrogens with zero attached hydrogens (tertiary/aromatic N) is 3. The minimum atomic E-state index is -0.488. The van der Waals surface area contributed by atoms with Gasteiger partial charge in [-0.05, 0) is 48.0 Å². The lowest BCUT2D eigenvalue weighted by Crippen LogP contribution is -2.14. The molecule has 4 aromatic rings. The molecule has 3 aromatic carbocycles. The van der Waals surface area contributed by atoms with E-state index in [1.54, 1.807) is 42.5 Å². The first-order valence-corrected chi connectivity index (χ1v) is 9.28. The molecule has 0 aliphatic carbocycles. The van der Waals surface area contributed by atoms with Crippen molar-refractivity contribution < 1.29 is 14.1 Å². The van der Waals surface area contributed by atoms with Crippen LogP contribution in [-0.2, 0) is 11.2 Å². The number of nitro groups is 1. The van der Waals surface area contributed by atoms with Crippen molar-refractivity contribution >= 4 is 39.7 Å². The Kier molecular flexibility index (Phi) is 5.48. The van der Waals surface area contributed by atoms with Gasteiger partial charge in [-0.25, -0.2) is 14.4 Å². The highest BCUT2D eigenvalue weighted by atomic mass is 19.1. The van der Waals surface area contributed by atoms with Crippen molar-refractivity contribution in [1.82, 2.24) is 9.97 Å². The lowest BCUT2D eigenvalue weighted by Gasteiger charge is -2.10. The molecule has 1 aromatic heterocycles. The molecule has 0 saturated carbocycles. The average molecular weight is 417 g/mol. The number of carbonyl (C=O) groups excluding carboxylic acids is 1. The van der Waals surface area contributed by atoms with E-state index < -0.39 is 4.92 Å². The van der Waals surface area contributed by atoms with E-state index in [9.17, 15) is 19.3 Å². The standard InChI is InChI=1S/C22H16FN5O3/c23-15-3-5-16(6-4-15)27-22-19-12-17(7-10-20(19)24-13-25-22)26-21(29)11-14-1-8-18(9-2-14)28(30)31/h1-10,12-13H,11H2,(H,26,29)(H,24,25,27). The minimum Gasteiger partial charge on any atom is -0.340 e. The Morgan fingerprint density at radius 3 is 2.39 bits per heavy atom. The number of halogens is 1. The van der Waals surface area contributed by atoms with Crippen molar-refractivity contribution in [3.05, 3.63) is 94.6 Å². The van der Waals surface area contributed by atoms with E-state index in [2.05, 4.69) is 20.6 Å². The molecule has 4 rings (SSSR count). The highest BCUT2D eigenvalue weighted by molar-refractivity contribution is 5.97. The van der Waals surface area contributed by atoms with E-state index in [1.807, 2.05) is 0 Å². The second-order valence-corrected chi connectivity index (χ2v) is 6.73. The summed E-state index contributed by atoms with van der Waals surface area (Å²) >= 11 is 0. The van der Waals surface area contributed by atoms with E-state index in [0.717, 1.165) is 0 Å². The summed E-state index contributed by atoms with van der Waals surface area (Å²) in [4.78, 5) is 31.1. The van der Waals surface area contributed by atoms with Gasteiger partial charge in [-0.2, -0.15) is 0 Å². The predicted molar refractivity (Wildman–Crippen MR) is 115 cm³/mol. The van der Waals surface area contributed by atoms with Crippen LogP contribution in [0.1, 0.15) is 5.56 Å². The largest absolute Gasteiger partial charge is 0.340 e. The van der Waals surface area contributed by atoms with Crippen molar-refractivity contribution in [1.29, 1.82) is 0 Å². The summed E-state index contributed by atoms with van der Waals surface area (Å²) in [5.74, 6) is -0.0858. The van der Waals surface area contributed by atoms with E-state index in [-0.39, 0.29) is 23.8 Å². The number of carbonyl (C=O) groups is 1. The number of hydrogen-bond acceptors (Lipinski definition) is 6. The molecule has 0 radical (unpaired) electrons. The fourth-order valence-electron chi connectivity index (χ4n) is 3.03. The molecule has 0 saturated heterocycles. The third-order valence-corrected chi connectivity index (χ3v) is 4.54. The van der Waals surface area contributed by atoms with Crippen LogP contribution in [0.5, 0.6) is 0 Å².